The lowest BCUT2D eigenvalue weighted by atomic mass is 10.1. The number of nitrogens with one attached hydrogen (secondary N) is 1. The number of carbonyl (C=O) groups is 2. The molecule has 0 heterocycles. The van der Waals surface area contributed by atoms with Crippen molar-refractivity contribution in [3.63, 3.8) is 0 Å². The maximum atomic E-state index is 13.4. The highest BCUT2D eigenvalue weighted by Gasteiger charge is 2.31. The summed E-state index contributed by atoms with van der Waals surface area (Å²) in [5.74, 6) is 1.03. The standard InChI is InChI=1S/C27H35BrN2O4/c1-5-24(27(32)29-21-10-6-7-11-21)30(16-20-9-8-12-22(15-20)33-4)25(31)17-34-23-13-18(2)26(28)19(3)14-23/h8-9,12-15,21,24H,5-7,10-11,16-17H2,1-4H3,(H,29,32)/t24-/m1/s1. The zero-order chi connectivity index (χ0) is 24.7. The summed E-state index contributed by atoms with van der Waals surface area (Å²) in [6, 6.07) is 11.0. The van der Waals surface area contributed by atoms with Gasteiger partial charge in [0.2, 0.25) is 5.91 Å². The summed E-state index contributed by atoms with van der Waals surface area (Å²) in [6.07, 6.45) is 4.78. The van der Waals surface area contributed by atoms with Crippen molar-refractivity contribution in [2.24, 2.45) is 0 Å². The fourth-order valence-corrected chi connectivity index (χ4v) is 4.70. The molecule has 1 fully saturated rings. The fraction of sp³-hybridized carbons (Fsp3) is 0.481. The molecule has 0 bridgehead atoms. The fourth-order valence-electron chi connectivity index (χ4n) is 4.47. The molecule has 0 unspecified atom stereocenters. The van der Waals surface area contributed by atoms with Gasteiger partial charge in [-0.3, -0.25) is 9.59 Å². The second-order valence-corrected chi connectivity index (χ2v) is 9.74. The minimum atomic E-state index is -0.573. The van der Waals surface area contributed by atoms with Crippen LogP contribution >= 0.6 is 15.9 Å². The summed E-state index contributed by atoms with van der Waals surface area (Å²) in [5.41, 5.74) is 2.98. The molecule has 0 spiro atoms. The van der Waals surface area contributed by atoms with Gasteiger partial charge < -0.3 is 19.7 Å². The summed E-state index contributed by atoms with van der Waals surface area (Å²) >= 11 is 3.56. The Morgan fingerprint density at radius 1 is 1.12 bits per heavy atom. The van der Waals surface area contributed by atoms with Gasteiger partial charge in [-0.2, -0.15) is 0 Å². The zero-order valence-electron chi connectivity index (χ0n) is 20.5. The lowest BCUT2D eigenvalue weighted by Gasteiger charge is -2.31. The molecule has 34 heavy (non-hydrogen) atoms. The van der Waals surface area contributed by atoms with E-state index in [0.29, 0.717) is 24.5 Å². The quantitative estimate of drug-likeness (QED) is 0.451. The van der Waals surface area contributed by atoms with E-state index in [9.17, 15) is 9.59 Å². The maximum absolute atomic E-state index is 13.4. The van der Waals surface area contributed by atoms with Crippen molar-refractivity contribution in [2.75, 3.05) is 13.7 Å². The van der Waals surface area contributed by atoms with Crippen LogP contribution in [0.15, 0.2) is 40.9 Å². The molecule has 0 aromatic heterocycles. The van der Waals surface area contributed by atoms with E-state index in [1.807, 2.05) is 57.2 Å². The molecule has 1 aliphatic carbocycles. The number of ether oxygens (including phenoxy) is 2. The van der Waals surface area contributed by atoms with Crippen LogP contribution in [0.1, 0.15) is 55.7 Å². The summed E-state index contributed by atoms with van der Waals surface area (Å²) < 4.78 is 12.3. The van der Waals surface area contributed by atoms with Gasteiger partial charge >= 0.3 is 0 Å². The van der Waals surface area contributed by atoms with Crippen molar-refractivity contribution >= 4 is 27.7 Å². The second-order valence-electron chi connectivity index (χ2n) is 8.95. The van der Waals surface area contributed by atoms with E-state index >= 15 is 0 Å². The first-order valence-corrected chi connectivity index (χ1v) is 12.7. The maximum Gasteiger partial charge on any atom is 0.261 e. The summed E-state index contributed by atoms with van der Waals surface area (Å²) in [4.78, 5) is 28.3. The van der Waals surface area contributed by atoms with E-state index < -0.39 is 6.04 Å². The van der Waals surface area contributed by atoms with Gasteiger partial charge in [-0.15, -0.1) is 0 Å². The molecule has 0 radical (unpaired) electrons. The third-order valence-electron chi connectivity index (χ3n) is 6.35. The van der Waals surface area contributed by atoms with Gasteiger partial charge in [0.05, 0.1) is 7.11 Å². The molecule has 1 N–H and O–H groups in total. The Morgan fingerprint density at radius 2 is 1.79 bits per heavy atom. The molecular weight excluding hydrogens is 496 g/mol. The van der Waals surface area contributed by atoms with Crippen molar-refractivity contribution in [1.29, 1.82) is 0 Å². The van der Waals surface area contributed by atoms with Gasteiger partial charge in [0.25, 0.3) is 5.91 Å². The average Bonchev–Trinajstić information content (AvgIpc) is 3.33. The topological polar surface area (TPSA) is 67.9 Å². The number of halogens is 1. The lowest BCUT2D eigenvalue weighted by Crippen LogP contribution is -2.52. The van der Waals surface area contributed by atoms with Crippen molar-refractivity contribution in [3.05, 3.63) is 57.6 Å². The van der Waals surface area contributed by atoms with Crippen LogP contribution in [0.25, 0.3) is 0 Å². The predicted molar refractivity (Wildman–Crippen MR) is 137 cm³/mol. The highest BCUT2D eigenvalue weighted by molar-refractivity contribution is 9.10. The summed E-state index contributed by atoms with van der Waals surface area (Å²) in [7, 11) is 1.61. The van der Waals surface area contributed by atoms with Gasteiger partial charge in [-0.1, -0.05) is 47.8 Å². The Hall–Kier alpha value is -2.54. The minimum absolute atomic E-state index is 0.0963. The molecule has 1 aliphatic rings. The largest absolute Gasteiger partial charge is 0.497 e. The van der Waals surface area contributed by atoms with Gasteiger partial charge in [0, 0.05) is 17.1 Å². The zero-order valence-corrected chi connectivity index (χ0v) is 22.1. The number of hydrogen-bond donors (Lipinski definition) is 1. The average molecular weight is 531 g/mol. The van der Waals surface area contributed by atoms with E-state index in [1.54, 1.807) is 12.0 Å². The molecule has 2 aromatic rings. The number of rotatable bonds is 10. The SMILES string of the molecule is CC[C@H](C(=O)NC1CCCC1)N(Cc1cccc(OC)c1)C(=O)COc1cc(C)c(Br)c(C)c1. The molecule has 184 valence electrons. The first-order chi connectivity index (χ1) is 16.3. The third kappa shape index (κ3) is 6.75. The summed E-state index contributed by atoms with van der Waals surface area (Å²) in [5, 5.41) is 3.16. The molecule has 2 amide bonds. The lowest BCUT2D eigenvalue weighted by molar-refractivity contribution is -0.143. The Morgan fingerprint density at radius 3 is 2.41 bits per heavy atom. The highest BCUT2D eigenvalue weighted by atomic mass is 79.9. The molecular formula is C27H35BrN2O4. The number of carbonyl (C=O) groups excluding carboxylic acids is 2. The van der Waals surface area contributed by atoms with Crippen molar-refractivity contribution < 1.29 is 19.1 Å². The molecule has 1 atom stereocenters. The first kappa shape index (κ1) is 26.1. The van der Waals surface area contributed by atoms with E-state index in [4.69, 9.17) is 9.47 Å². The van der Waals surface area contributed by atoms with E-state index in [1.165, 1.54) is 0 Å². The third-order valence-corrected chi connectivity index (χ3v) is 7.60. The van der Waals surface area contributed by atoms with Crippen LogP contribution in [-0.2, 0) is 16.1 Å². The predicted octanol–water partition coefficient (Wildman–Crippen LogP) is 5.32. The highest BCUT2D eigenvalue weighted by Crippen LogP contribution is 2.27. The number of nitrogens with zero attached hydrogens (tertiary/aromatic N) is 1. The number of benzene rings is 2. The molecule has 0 aliphatic heterocycles. The molecule has 3 rings (SSSR count). The second kappa shape index (κ2) is 12.2. The summed E-state index contributed by atoms with van der Waals surface area (Å²) in [6.45, 7) is 6.07. The molecule has 1 saturated carbocycles. The van der Waals surface area contributed by atoms with Crippen LogP contribution in [0, 0.1) is 13.8 Å². The van der Waals surface area contributed by atoms with Crippen LogP contribution in [0.2, 0.25) is 0 Å². The normalized spacial score (nSPS) is 14.5. The van der Waals surface area contributed by atoms with Crippen molar-refractivity contribution in [3.8, 4) is 11.5 Å². The minimum Gasteiger partial charge on any atom is -0.497 e. The number of amides is 2. The van der Waals surface area contributed by atoms with Crippen molar-refractivity contribution in [2.45, 2.75) is 71.5 Å². The Balaban J connectivity index is 1.79. The molecule has 2 aromatic carbocycles. The van der Waals surface area contributed by atoms with E-state index in [-0.39, 0.29) is 24.5 Å². The molecule has 0 saturated heterocycles. The molecule has 7 heteroatoms. The Bertz CT molecular complexity index is 981. The number of methoxy groups -OCH3 is 1. The number of hydrogen-bond acceptors (Lipinski definition) is 4. The first-order valence-electron chi connectivity index (χ1n) is 11.9. The van der Waals surface area contributed by atoms with Gasteiger partial charge in [-0.25, -0.2) is 0 Å². The van der Waals surface area contributed by atoms with Crippen LogP contribution in [0.5, 0.6) is 11.5 Å². The van der Waals surface area contributed by atoms with Crippen LogP contribution in [0.3, 0.4) is 0 Å². The Labute approximate surface area is 211 Å². The Kier molecular flexibility index (Phi) is 9.39. The van der Waals surface area contributed by atoms with Crippen LogP contribution in [0.4, 0.5) is 0 Å². The van der Waals surface area contributed by atoms with Gasteiger partial charge in [-0.05, 0) is 74.1 Å². The van der Waals surface area contributed by atoms with Crippen LogP contribution in [-0.4, -0.2) is 42.5 Å². The van der Waals surface area contributed by atoms with E-state index in [2.05, 4.69) is 21.2 Å². The van der Waals surface area contributed by atoms with Gasteiger partial charge in [0.15, 0.2) is 6.61 Å². The van der Waals surface area contributed by atoms with E-state index in [0.717, 1.165) is 46.8 Å². The number of aryl methyl sites for hydroxylation is 2. The van der Waals surface area contributed by atoms with Crippen LogP contribution < -0.4 is 14.8 Å². The smallest absolute Gasteiger partial charge is 0.261 e. The molecule has 6 nitrogen and oxygen atoms in total. The monoisotopic (exact) mass is 530 g/mol. The van der Waals surface area contributed by atoms with Gasteiger partial charge in [0.1, 0.15) is 17.5 Å². The van der Waals surface area contributed by atoms with Crippen molar-refractivity contribution in [1.82, 2.24) is 10.2 Å².